The largest absolute Gasteiger partial charge is 0.494 e. The van der Waals surface area contributed by atoms with E-state index >= 15 is 0 Å². The molecule has 0 radical (unpaired) electrons. The first-order valence-corrected chi connectivity index (χ1v) is 7.84. The third kappa shape index (κ3) is 5.64. The summed E-state index contributed by atoms with van der Waals surface area (Å²) in [5.74, 6) is 0.0360. The van der Waals surface area contributed by atoms with Crippen LogP contribution < -0.4 is 4.74 Å². The molecule has 0 spiro atoms. The Labute approximate surface area is 131 Å². The second-order valence-corrected chi connectivity index (χ2v) is 5.41. The van der Waals surface area contributed by atoms with Gasteiger partial charge in [-0.1, -0.05) is 37.5 Å². The molecule has 2 rings (SSSR count). The van der Waals surface area contributed by atoms with Gasteiger partial charge in [-0.2, -0.15) is 0 Å². The molecule has 0 fully saturated rings. The Bertz CT molecular complexity index is 563. The minimum absolute atomic E-state index is 0.271. The van der Waals surface area contributed by atoms with Crippen molar-refractivity contribution >= 4 is 5.97 Å². The van der Waals surface area contributed by atoms with E-state index in [1.165, 1.54) is 19.3 Å². The van der Waals surface area contributed by atoms with Crippen molar-refractivity contribution in [3.63, 3.8) is 0 Å². The fraction of sp³-hybridized carbons (Fsp3) is 0.389. The van der Waals surface area contributed by atoms with Crippen LogP contribution in [0.1, 0.15) is 48.2 Å². The van der Waals surface area contributed by atoms with Crippen molar-refractivity contribution in [3.8, 4) is 5.75 Å². The zero-order valence-corrected chi connectivity index (χ0v) is 12.8. The lowest BCUT2D eigenvalue weighted by molar-refractivity contribution is 0.0691. The third-order valence-corrected chi connectivity index (χ3v) is 3.59. The van der Waals surface area contributed by atoms with E-state index in [-0.39, 0.29) is 5.69 Å². The molecule has 4 nitrogen and oxygen atoms in total. The van der Waals surface area contributed by atoms with Crippen LogP contribution in [0.3, 0.4) is 0 Å². The lowest BCUT2D eigenvalue weighted by Crippen LogP contribution is -1.97. The van der Waals surface area contributed by atoms with E-state index in [1.54, 1.807) is 12.3 Å². The van der Waals surface area contributed by atoms with Crippen molar-refractivity contribution in [1.29, 1.82) is 0 Å². The summed E-state index contributed by atoms with van der Waals surface area (Å²) in [4.78, 5) is 13.5. The first-order valence-electron chi connectivity index (χ1n) is 7.84. The predicted octanol–water partition coefficient (Wildman–Crippen LogP) is 4.28. The van der Waals surface area contributed by atoms with Crippen LogP contribution in [-0.2, 0) is 6.42 Å². The molecule has 1 heterocycles. The molecule has 0 bridgehead atoms. The van der Waals surface area contributed by atoms with Crippen molar-refractivity contribution in [3.05, 3.63) is 53.9 Å². The number of para-hydroxylation sites is 1. The van der Waals surface area contributed by atoms with Gasteiger partial charge < -0.3 is 14.8 Å². The number of hydrogen-bond donors (Lipinski definition) is 2. The monoisotopic (exact) mass is 301 g/mol. The Morgan fingerprint density at radius 1 is 1.05 bits per heavy atom. The number of carbonyl (C=O) groups is 1. The van der Waals surface area contributed by atoms with Gasteiger partial charge in [0.1, 0.15) is 11.4 Å². The maximum absolute atomic E-state index is 10.8. The van der Waals surface area contributed by atoms with E-state index < -0.39 is 5.97 Å². The molecule has 2 N–H and O–H groups in total. The van der Waals surface area contributed by atoms with Crippen molar-refractivity contribution in [2.24, 2.45) is 0 Å². The number of rotatable bonds is 10. The average molecular weight is 301 g/mol. The van der Waals surface area contributed by atoms with Crippen LogP contribution in [0.4, 0.5) is 0 Å². The van der Waals surface area contributed by atoms with Gasteiger partial charge >= 0.3 is 5.97 Å². The summed E-state index contributed by atoms with van der Waals surface area (Å²) in [6.45, 7) is 0.768. The molecule has 1 aromatic carbocycles. The molecule has 0 amide bonds. The quantitative estimate of drug-likeness (QED) is 0.644. The number of carboxylic acids is 1. The van der Waals surface area contributed by atoms with E-state index in [0.717, 1.165) is 37.2 Å². The molecule has 0 saturated carbocycles. The van der Waals surface area contributed by atoms with Crippen LogP contribution in [0, 0.1) is 0 Å². The Balaban J connectivity index is 1.48. The van der Waals surface area contributed by atoms with Gasteiger partial charge in [0.15, 0.2) is 0 Å². The van der Waals surface area contributed by atoms with Crippen LogP contribution in [0.15, 0.2) is 42.6 Å². The summed E-state index contributed by atoms with van der Waals surface area (Å²) in [5.41, 5.74) is 1.35. The lowest BCUT2D eigenvalue weighted by atomic mass is 10.1. The highest BCUT2D eigenvalue weighted by Crippen LogP contribution is 2.12. The molecule has 0 unspecified atom stereocenters. The maximum atomic E-state index is 10.8. The summed E-state index contributed by atoms with van der Waals surface area (Å²) in [7, 11) is 0. The number of nitrogens with one attached hydrogen (secondary N) is 1. The highest BCUT2D eigenvalue weighted by Gasteiger charge is 2.05. The second-order valence-electron chi connectivity index (χ2n) is 5.41. The Morgan fingerprint density at radius 2 is 1.77 bits per heavy atom. The van der Waals surface area contributed by atoms with Gasteiger partial charge in [0, 0.05) is 6.20 Å². The van der Waals surface area contributed by atoms with Crippen LogP contribution in [0.5, 0.6) is 5.75 Å². The van der Waals surface area contributed by atoms with E-state index in [1.807, 2.05) is 30.3 Å². The number of H-pyrrole nitrogens is 1. The molecule has 0 aliphatic carbocycles. The number of aromatic carboxylic acids is 1. The number of aromatic nitrogens is 1. The topological polar surface area (TPSA) is 62.3 Å². The summed E-state index contributed by atoms with van der Waals surface area (Å²) in [6.07, 6.45) is 8.41. The average Bonchev–Trinajstić information content (AvgIpc) is 3.00. The highest BCUT2D eigenvalue weighted by molar-refractivity contribution is 5.85. The lowest BCUT2D eigenvalue weighted by Gasteiger charge is -2.05. The molecular weight excluding hydrogens is 278 g/mol. The number of aromatic amines is 1. The van der Waals surface area contributed by atoms with E-state index in [9.17, 15) is 4.79 Å². The standard InChI is InChI=1S/C18H23NO3/c20-18(21)17-13-15(14-19-17)9-5-2-1-3-8-12-22-16-10-6-4-7-11-16/h4,6-7,10-11,13-14,19H,1-3,5,8-9,12H2,(H,20,21). The molecule has 0 saturated heterocycles. The highest BCUT2D eigenvalue weighted by atomic mass is 16.5. The SMILES string of the molecule is O=C(O)c1cc(CCCCCCCOc2ccccc2)c[nH]1. The molecule has 0 aliphatic heterocycles. The minimum atomic E-state index is -0.898. The molecule has 22 heavy (non-hydrogen) atoms. The molecule has 4 heteroatoms. The van der Waals surface area contributed by atoms with Gasteiger partial charge in [-0.3, -0.25) is 0 Å². The van der Waals surface area contributed by atoms with Crippen molar-refractivity contribution < 1.29 is 14.6 Å². The second kappa shape index (κ2) is 8.93. The number of ether oxygens (including phenoxy) is 1. The molecule has 2 aromatic rings. The number of benzene rings is 1. The summed E-state index contributed by atoms with van der Waals surface area (Å²) in [5, 5.41) is 8.83. The molecule has 1 aromatic heterocycles. The van der Waals surface area contributed by atoms with Gasteiger partial charge in [0.25, 0.3) is 0 Å². The van der Waals surface area contributed by atoms with Crippen molar-refractivity contribution in [2.45, 2.75) is 38.5 Å². The predicted molar refractivity (Wildman–Crippen MR) is 86.5 cm³/mol. The summed E-state index contributed by atoms with van der Waals surface area (Å²) >= 11 is 0. The van der Waals surface area contributed by atoms with E-state index in [4.69, 9.17) is 9.84 Å². The molecule has 0 aliphatic rings. The Morgan fingerprint density at radius 3 is 2.50 bits per heavy atom. The minimum Gasteiger partial charge on any atom is -0.494 e. The van der Waals surface area contributed by atoms with Crippen LogP contribution in [0.2, 0.25) is 0 Å². The van der Waals surface area contributed by atoms with Gasteiger partial charge in [-0.25, -0.2) is 4.79 Å². The van der Waals surface area contributed by atoms with Crippen molar-refractivity contribution in [1.82, 2.24) is 4.98 Å². The van der Waals surface area contributed by atoms with Crippen LogP contribution in [-0.4, -0.2) is 22.7 Å². The zero-order valence-electron chi connectivity index (χ0n) is 12.8. The van der Waals surface area contributed by atoms with Gasteiger partial charge in [0.2, 0.25) is 0 Å². The van der Waals surface area contributed by atoms with Crippen LogP contribution in [0.25, 0.3) is 0 Å². The maximum Gasteiger partial charge on any atom is 0.352 e. The number of aryl methyl sites for hydroxylation is 1. The fourth-order valence-corrected chi connectivity index (χ4v) is 2.38. The molecule has 0 atom stereocenters. The molecule has 118 valence electrons. The first kappa shape index (κ1) is 16.1. The fourth-order valence-electron chi connectivity index (χ4n) is 2.38. The first-order chi connectivity index (χ1) is 10.8. The summed E-state index contributed by atoms with van der Waals surface area (Å²) in [6, 6.07) is 11.6. The van der Waals surface area contributed by atoms with Crippen LogP contribution >= 0.6 is 0 Å². The van der Waals surface area contributed by atoms with Crippen molar-refractivity contribution in [2.75, 3.05) is 6.61 Å². The summed E-state index contributed by atoms with van der Waals surface area (Å²) < 4.78 is 5.65. The number of hydrogen-bond acceptors (Lipinski definition) is 2. The normalized spacial score (nSPS) is 10.5. The van der Waals surface area contributed by atoms with Gasteiger partial charge in [-0.05, 0) is 43.0 Å². The number of unbranched alkanes of at least 4 members (excludes halogenated alkanes) is 4. The van der Waals surface area contributed by atoms with Gasteiger partial charge in [0.05, 0.1) is 6.61 Å². The number of carboxylic acid groups (broad SMARTS) is 1. The third-order valence-electron chi connectivity index (χ3n) is 3.59. The molecular formula is C18H23NO3. The Hall–Kier alpha value is -2.23. The van der Waals surface area contributed by atoms with E-state index in [2.05, 4.69) is 4.98 Å². The van der Waals surface area contributed by atoms with E-state index in [0.29, 0.717) is 0 Å². The van der Waals surface area contributed by atoms with Gasteiger partial charge in [-0.15, -0.1) is 0 Å². The Kier molecular flexibility index (Phi) is 6.55. The zero-order chi connectivity index (χ0) is 15.6. The smallest absolute Gasteiger partial charge is 0.352 e.